The van der Waals surface area contributed by atoms with E-state index in [4.69, 9.17) is 5.73 Å². The van der Waals surface area contributed by atoms with Gasteiger partial charge in [0.15, 0.2) is 0 Å². The molecular formula is C13H18N2O3. The fraction of sp³-hybridized carbons (Fsp3) is 0.385. The molecule has 98 valence electrons. The lowest BCUT2D eigenvalue weighted by Gasteiger charge is -2.10. The Kier molecular flexibility index (Phi) is 5.87. The predicted octanol–water partition coefficient (Wildman–Crippen LogP) is 0.236. The van der Waals surface area contributed by atoms with Gasteiger partial charge in [0.25, 0.3) is 0 Å². The summed E-state index contributed by atoms with van der Waals surface area (Å²) in [6, 6.07) is 8.91. The van der Waals surface area contributed by atoms with Crippen molar-refractivity contribution in [2.45, 2.75) is 18.9 Å². The molecule has 1 unspecified atom stereocenters. The normalized spacial score (nSPS) is 11.7. The molecule has 0 radical (unpaired) electrons. The molecule has 0 bridgehead atoms. The Morgan fingerprint density at radius 3 is 2.61 bits per heavy atom. The van der Waals surface area contributed by atoms with Crippen molar-refractivity contribution >= 4 is 11.9 Å². The molecule has 1 amide bonds. The summed E-state index contributed by atoms with van der Waals surface area (Å²) in [5.74, 6) is -0.656. The average molecular weight is 250 g/mol. The standard InChI is InChI=1S/C13H18N2O3/c1-18-13(17)11(14)9-15-12(16)8-7-10-5-3-2-4-6-10/h2-6,11H,7-9,14H2,1H3,(H,15,16). The Bertz CT molecular complexity index is 392. The minimum atomic E-state index is -0.810. The van der Waals surface area contributed by atoms with Crippen molar-refractivity contribution in [1.82, 2.24) is 5.32 Å². The molecule has 3 N–H and O–H groups in total. The van der Waals surface area contributed by atoms with E-state index in [1.54, 1.807) is 0 Å². The Balaban J connectivity index is 2.24. The van der Waals surface area contributed by atoms with Crippen LogP contribution in [0.15, 0.2) is 30.3 Å². The minimum absolute atomic E-state index is 0.0975. The van der Waals surface area contributed by atoms with Crippen LogP contribution in [0.1, 0.15) is 12.0 Å². The quantitative estimate of drug-likeness (QED) is 0.708. The zero-order chi connectivity index (χ0) is 13.4. The molecule has 0 aromatic heterocycles. The largest absolute Gasteiger partial charge is 0.468 e. The monoisotopic (exact) mass is 250 g/mol. The number of esters is 1. The molecule has 0 spiro atoms. The van der Waals surface area contributed by atoms with Gasteiger partial charge in [-0.25, -0.2) is 0 Å². The first-order valence-electron chi connectivity index (χ1n) is 5.77. The maximum Gasteiger partial charge on any atom is 0.324 e. The molecule has 1 aromatic rings. The highest BCUT2D eigenvalue weighted by Gasteiger charge is 2.14. The van der Waals surface area contributed by atoms with Gasteiger partial charge in [0.1, 0.15) is 6.04 Å². The van der Waals surface area contributed by atoms with E-state index in [0.29, 0.717) is 12.8 Å². The molecule has 5 nitrogen and oxygen atoms in total. The van der Waals surface area contributed by atoms with E-state index < -0.39 is 12.0 Å². The molecule has 1 rings (SSSR count). The van der Waals surface area contributed by atoms with Gasteiger partial charge in [0.2, 0.25) is 5.91 Å². The maximum atomic E-state index is 11.5. The highest BCUT2D eigenvalue weighted by atomic mass is 16.5. The van der Waals surface area contributed by atoms with Crippen LogP contribution in [0.25, 0.3) is 0 Å². The third-order valence-corrected chi connectivity index (χ3v) is 2.51. The number of rotatable bonds is 6. The van der Waals surface area contributed by atoms with E-state index in [9.17, 15) is 9.59 Å². The number of carbonyl (C=O) groups is 2. The second-order valence-electron chi connectivity index (χ2n) is 3.92. The molecule has 0 fully saturated rings. The van der Waals surface area contributed by atoms with Crippen LogP contribution in [0.4, 0.5) is 0 Å². The van der Waals surface area contributed by atoms with Gasteiger partial charge in [0, 0.05) is 13.0 Å². The average Bonchev–Trinajstić information content (AvgIpc) is 2.42. The molecule has 1 aromatic carbocycles. The van der Waals surface area contributed by atoms with Crippen molar-refractivity contribution in [2.24, 2.45) is 5.73 Å². The van der Waals surface area contributed by atoms with Crippen LogP contribution >= 0.6 is 0 Å². The first-order chi connectivity index (χ1) is 8.63. The number of nitrogens with two attached hydrogens (primary N) is 1. The van der Waals surface area contributed by atoms with Crippen LogP contribution in [0, 0.1) is 0 Å². The van der Waals surface area contributed by atoms with Gasteiger partial charge < -0.3 is 15.8 Å². The number of methoxy groups -OCH3 is 1. The van der Waals surface area contributed by atoms with Crippen molar-refractivity contribution in [3.63, 3.8) is 0 Å². The molecule has 0 saturated heterocycles. The SMILES string of the molecule is COC(=O)C(N)CNC(=O)CCc1ccccc1. The molecule has 5 heteroatoms. The third kappa shape index (κ3) is 4.97. The number of amides is 1. The smallest absolute Gasteiger partial charge is 0.324 e. The van der Waals surface area contributed by atoms with Gasteiger partial charge in [-0.2, -0.15) is 0 Å². The topological polar surface area (TPSA) is 81.4 Å². The summed E-state index contributed by atoms with van der Waals surface area (Å²) in [5, 5.41) is 2.60. The predicted molar refractivity (Wildman–Crippen MR) is 67.8 cm³/mol. The van der Waals surface area contributed by atoms with Crippen molar-refractivity contribution in [3.8, 4) is 0 Å². The molecule has 0 aliphatic rings. The number of ether oxygens (including phenoxy) is 1. The molecule has 18 heavy (non-hydrogen) atoms. The number of hydrogen-bond donors (Lipinski definition) is 2. The first-order valence-corrected chi connectivity index (χ1v) is 5.77. The van der Waals surface area contributed by atoms with Crippen molar-refractivity contribution in [1.29, 1.82) is 0 Å². The summed E-state index contributed by atoms with van der Waals surface area (Å²) < 4.78 is 4.46. The van der Waals surface area contributed by atoms with Gasteiger partial charge in [-0.3, -0.25) is 9.59 Å². The summed E-state index contributed by atoms with van der Waals surface area (Å²) >= 11 is 0. The Hall–Kier alpha value is -1.88. The van der Waals surface area contributed by atoms with Crippen LogP contribution in [-0.4, -0.2) is 31.6 Å². The van der Waals surface area contributed by atoms with Gasteiger partial charge in [-0.05, 0) is 12.0 Å². The van der Waals surface area contributed by atoms with Crippen molar-refractivity contribution in [3.05, 3.63) is 35.9 Å². The lowest BCUT2D eigenvalue weighted by Crippen LogP contribution is -2.43. The van der Waals surface area contributed by atoms with Crippen LogP contribution < -0.4 is 11.1 Å². The zero-order valence-corrected chi connectivity index (χ0v) is 10.4. The maximum absolute atomic E-state index is 11.5. The minimum Gasteiger partial charge on any atom is -0.468 e. The fourth-order valence-electron chi connectivity index (χ4n) is 1.45. The van der Waals surface area contributed by atoms with Gasteiger partial charge in [-0.15, -0.1) is 0 Å². The Morgan fingerprint density at radius 1 is 1.33 bits per heavy atom. The third-order valence-electron chi connectivity index (χ3n) is 2.51. The summed E-state index contributed by atoms with van der Waals surface area (Å²) in [4.78, 5) is 22.5. The van der Waals surface area contributed by atoms with E-state index >= 15 is 0 Å². The van der Waals surface area contributed by atoms with Crippen LogP contribution in [0.2, 0.25) is 0 Å². The van der Waals surface area contributed by atoms with Crippen molar-refractivity contribution in [2.75, 3.05) is 13.7 Å². The lowest BCUT2D eigenvalue weighted by atomic mass is 10.1. The van der Waals surface area contributed by atoms with E-state index in [-0.39, 0.29) is 12.5 Å². The highest BCUT2D eigenvalue weighted by Crippen LogP contribution is 2.01. The fourth-order valence-corrected chi connectivity index (χ4v) is 1.45. The first kappa shape index (κ1) is 14.2. The summed E-state index contributed by atoms with van der Waals surface area (Å²) in [6.07, 6.45) is 1.04. The Labute approximate surface area is 106 Å². The summed E-state index contributed by atoms with van der Waals surface area (Å²) in [7, 11) is 1.26. The van der Waals surface area contributed by atoms with Crippen LogP contribution in [0.3, 0.4) is 0 Å². The second-order valence-corrected chi connectivity index (χ2v) is 3.92. The number of benzene rings is 1. The summed E-state index contributed by atoms with van der Waals surface area (Å²) in [6.45, 7) is 0.0975. The molecule has 0 aliphatic heterocycles. The highest BCUT2D eigenvalue weighted by molar-refractivity contribution is 5.79. The molecule has 0 aliphatic carbocycles. The van der Waals surface area contributed by atoms with E-state index in [2.05, 4.69) is 10.1 Å². The number of carbonyl (C=O) groups excluding carboxylic acids is 2. The van der Waals surface area contributed by atoms with Gasteiger partial charge in [-0.1, -0.05) is 30.3 Å². The number of hydrogen-bond acceptors (Lipinski definition) is 4. The molecule has 1 atom stereocenters. The van der Waals surface area contributed by atoms with E-state index in [1.807, 2.05) is 30.3 Å². The molecular weight excluding hydrogens is 232 g/mol. The van der Waals surface area contributed by atoms with Crippen LogP contribution in [0.5, 0.6) is 0 Å². The van der Waals surface area contributed by atoms with E-state index in [0.717, 1.165) is 5.56 Å². The number of aryl methyl sites for hydroxylation is 1. The zero-order valence-electron chi connectivity index (χ0n) is 10.4. The molecule has 0 heterocycles. The van der Waals surface area contributed by atoms with Crippen LogP contribution in [-0.2, 0) is 20.7 Å². The number of nitrogens with one attached hydrogen (secondary N) is 1. The molecule has 0 saturated carbocycles. The summed E-state index contributed by atoms with van der Waals surface area (Å²) in [5.41, 5.74) is 6.60. The second kappa shape index (κ2) is 7.45. The van der Waals surface area contributed by atoms with E-state index in [1.165, 1.54) is 7.11 Å². The van der Waals surface area contributed by atoms with Gasteiger partial charge >= 0.3 is 5.97 Å². The van der Waals surface area contributed by atoms with Crippen molar-refractivity contribution < 1.29 is 14.3 Å². The lowest BCUT2D eigenvalue weighted by molar-refractivity contribution is -0.142. The van der Waals surface area contributed by atoms with Gasteiger partial charge in [0.05, 0.1) is 7.11 Å². The Morgan fingerprint density at radius 2 is 2.00 bits per heavy atom.